The van der Waals surface area contributed by atoms with E-state index in [2.05, 4.69) is 15.5 Å². The van der Waals surface area contributed by atoms with E-state index < -0.39 is 16.9 Å². The highest BCUT2D eigenvalue weighted by molar-refractivity contribution is 6.31. The Hall–Kier alpha value is -3.68. The van der Waals surface area contributed by atoms with E-state index in [9.17, 15) is 14.4 Å². The first kappa shape index (κ1) is 25.3. The van der Waals surface area contributed by atoms with Crippen LogP contribution in [-0.2, 0) is 20.5 Å². The summed E-state index contributed by atoms with van der Waals surface area (Å²) in [6.07, 6.45) is 2.36. The van der Waals surface area contributed by atoms with Crippen molar-refractivity contribution >= 4 is 40.6 Å². The first-order valence-electron chi connectivity index (χ1n) is 13.9. The molecule has 2 saturated heterocycles. The number of fused-ring (bicyclic) bond motifs is 7. The average Bonchev–Trinajstić information content (AvgIpc) is 3.66. The molecule has 204 valence electrons. The van der Waals surface area contributed by atoms with Gasteiger partial charge >= 0.3 is 0 Å². The number of aryl methyl sites for hydroxylation is 1. The standard InChI is InChI=1S/C32H30ClN3O4/c1-3-14-40-21-9-6-8-19(16-21)28(37)26-25-12-7-13-36(25)32(23-17-20(33)15-18(2)27(23)35-30(32)39)31(26)22-10-4-5-11-24(22)34-29(31)38/h4-6,8-11,15-17,25-26H,3,7,12-14H2,1-2H3,(H,34,38)(H,35,39)/t25-,26-,31+,32-/m0/s1. The zero-order valence-electron chi connectivity index (χ0n) is 22.4. The van der Waals surface area contributed by atoms with E-state index in [0.717, 1.165) is 18.4 Å². The van der Waals surface area contributed by atoms with E-state index >= 15 is 0 Å². The smallest absolute Gasteiger partial charge is 0.251 e. The van der Waals surface area contributed by atoms with Gasteiger partial charge in [0.2, 0.25) is 5.91 Å². The molecule has 2 spiro atoms. The Morgan fingerprint density at radius 1 is 1.05 bits per heavy atom. The predicted molar refractivity (Wildman–Crippen MR) is 153 cm³/mol. The lowest BCUT2D eigenvalue weighted by Crippen LogP contribution is -2.62. The van der Waals surface area contributed by atoms with Crippen molar-refractivity contribution in [1.82, 2.24) is 4.90 Å². The molecular formula is C32H30ClN3O4. The number of halogens is 1. The van der Waals surface area contributed by atoms with E-state index in [1.54, 1.807) is 18.2 Å². The number of nitrogens with zero attached hydrogens (tertiary/aromatic N) is 1. The third-order valence-electron chi connectivity index (χ3n) is 9.24. The number of hydrogen-bond donors (Lipinski definition) is 2. The van der Waals surface area contributed by atoms with Crippen LogP contribution in [0, 0.1) is 12.8 Å². The van der Waals surface area contributed by atoms with E-state index in [1.807, 2.05) is 56.3 Å². The van der Waals surface area contributed by atoms with E-state index in [1.165, 1.54) is 0 Å². The van der Waals surface area contributed by atoms with Crippen molar-refractivity contribution < 1.29 is 19.1 Å². The van der Waals surface area contributed by atoms with E-state index in [4.69, 9.17) is 16.3 Å². The molecule has 7 nitrogen and oxygen atoms in total. The lowest BCUT2D eigenvalue weighted by molar-refractivity contribution is -0.137. The molecule has 4 aliphatic rings. The maximum absolute atomic E-state index is 14.8. The molecule has 0 radical (unpaired) electrons. The normalized spacial score (nSPS) is 28.0. The van der Waals surface area contributed by atoms with Gasteiger partial charge in [-0.1, -0.05) is 48.9 Å². The number of nitrogens with one attached hydrogen (secondary N) is 2. The molecule has 0 bridgehead atoms. The number of benzene rings is 3. The average molecular weight is 556 g/mol. The number of carbonyl (C=O) groups is 3. The van der Waals surface area contributed by atoms with Crippen molar-refractivity contribution in [3.05, 3.63) is 87.9 Å². The summed E-state index contributed by atoms with van der Waals surface area (Å²) in [5, 5.41) is 6.68. The quantitative estimate of drug-likeness (QED) is 0.409. The molecule has 0 aliphatic carbocycles. The topological polar surface area (TPSA) is 87.7 Å². The van der Waals surface area contributed by atoms with Gasteiger partial charge in [-0.3, -0.25) is 19.3 Å². The van der Waals surface area contributed by atoms with Crippen molar-refractivity contribution in [2.24, 2.45) is 5.92 Å². The number of carbonyl (C=O) groups excluding carboxylic acids is 3. The summed E-state index contributed by atoms with van der Waals surface area (Å²) in [6, 6.07) is 18.0. The molecule has 40 heavy (non-hydrogen) atoms. The summed E-state index contributed by atoms with van der Waals surface area (Å²) in [5.74, 6) is -0.985. The molecular weight excluding hydrogens is 526 g/mol. The van der Waals surface area contributed by atoms with Crippen LogP contribution in [0.15, 0.2) is 60.7 Å². The second kappa shape index (κ2) is 8.91. The molecule has 2 amide bonds. The van der Waals surface area contributed by atoms with Crippen molar-refractivity contribution in [1.29, 1.82) is 0 Å². The molecule has 7 rings (SSSR count). The number of para-hydroxylation sites is 1. The van der Waals surface area contributed by atoms with Crippen LogP contribution >= 0.6 is 11.6 Å². The Morgan fingerprint density at radius 2 is 1.88 bits per heavy atom. The fourth-order valence-corrected chi connectivity index (χ4v) is 8.22. The van der Waals surface area contributed by atoms with Crippen LogP contribution in [0.5, 0.6) is 5.75 Å². The number of rotatable bonds is 5. The number of Topliss-reactive ketones (excluding diaryl/α,β-unsaturated/α-hetero) is 1. The number of ketones is 1. The largest absolute Gasteiger partial charge is 0.494 e. The van der Waals surface area contributed by atoms with Gasteiger partial charge in [-0.2, -0.15) is 0 Å². The van der Waals surface area contributed by atoms with Crippen molar-refractivity contribution in [2.45, 2.75) is 50.1 Å². The molecule has 3 aromatic carbocycles. The maximum atomic E-state index is 14.8. The predicted octanol–water partition coefficient (Wildman–Crippen LogP) is 5.45. The van der Waals surface area contributed by atoms with Gasteiger partial charge in [0.15, 0.2) is 5.78 Å². The maximum Gasteiger partial charge on any atom is 0.251 e. The van der Waals surface area contributed by atoms with Gasteiger partial charge < -0.3 is 15.4 Å². The molecule has 0 aromatic heterocycles. The van der Waals surface area contributed by atoms with Gasteiger partial charge in [0.1, 0.15) is 16.7 Å². The summed E-state index contributed by atoms with van der Waals surface area (Å²) in [5.41, 5.74) is 0.986. The van der Waals surface area contributed by atoms with Gasteiger partial charge in [-0.15, -0.1) is 0 Å². The highest BCUT2D eigenvalue weighted by atomic mass is 35.5. The third-order valence-corrected chi connectivity index (χ3v) is 9.46. The van der Waals surface area contributed by atoms with Crippen molar-refractivity contribution in [3.63, 3.8) is 0 Å². The highest BCUT2D eigenvalue weighted by Gasteiger charge is 2.81. The number of ether oxygens (including phenoxy) is 1. The minimum Gasteiger partial charge on any atom is -0.494 e. The van der Waals surface area contributed by atoms with Crippen LogP contribution in [0.3, 0.4) is 0 Å². The minimum absolute atomic E-state index is 0.164. The number of amides is 2. The Kier molecular flexibility index (Phi) is 5.64. The molecule has 2 fully saturated rings. The second-order valence-electron chi connectivity index (χ2n) is 11.2. The molecule has 4 heterocycles. The summed E-state index contributed by atoms with van der Waals surface area (Å²) in [7, 11) is 0. The molecule has 2 N–H and O–H groups in total. The van der Waals surface area contributed by atoms with Crippen molar-refractivity contribution in [3.8, 4) is 5.75 Å². The zero-order chi connectivity index (χ0) is 27.8. The SMILES string of the molecule is CCCOc1cccc(C(=O)[C@@H]2[C@@H]3CCCN3[C@@]3(C(=O)Nc4c(C)cc(Cl)cc43)[C@@]23C(=O)Nc2ccccc23)c1. The van der Waals surface area contributed by atoms with Gasteiger partial charge in [0, 0.05) is 33.6 Å². The Bertz CT molecular complexity index is 1600. The Morgan fingerprint density at radius 3 is 2.70 bits per heavy atom. The van der Waals surface area contributed by atoms with Crippen LogP contribution < -0.4 is 15.4 Å². The molecule has 8 heteroatoms. The van der Waals surface area contributed by atoms with Gasteiger partial charge in [0.25, 0.3) is 5.91 Å². The first-order valence-corrected chi connectivity index (χ1v) is 14.3. The summed E-state index contributed by atoms with van der Waals surface area (Å²) in [6.45, 7) is 5.06. The van der Waals surface area contributed by atoms with Crippen LogP contribution in [-0.4, -0.2) is 41.7 Å². The van der Waals surface area contributed by atoms with Gasteiger partial charge in [0.05, 0.1) is 12.5 Å². The fourth-order valence-electron chi connectivity index (χ4n) is 7.95. The fraction of sp³-hybridized carbons (Fsp3) is 0.344. The zero-order valence-corrected chi connectivity index (χ0v) is 23.2. The van der Waals surface area contributed by atoms with E-state index in [-0.39, 0.29) is 23.6 Å². The molecule has 4 atom stereocenters. The third kappa shape index (κ3) is 3.02. The van der Waals surface area contributed by atoms with Crippen LogP contribution in [0.1, 0.15) is 53.2 Å². The van der Waals surface area contributed by atoms with Crippen LogP contribution in [0.25, 0.3) is 0 Å². The summed E-state index contributed by atoms with van der Waals surface area (Å²) in [4.78, 5) is 46.1. The van der Waals surface area contributed by atoms with Crippen LogP contribution in [0.2, 0.25) is 5.02 Å². The Labute approximate surface area is 237 Å². The van der Waals surface area contributed by atoms with Crippen LogP contribution in [0.4, 0.5) is 11.4 Å². The number of hydrogen-bond acceptors (Lipinski definition) is 5. The van der Waals surface area contributed by atoms with E-state index in [0.29, 0.717) is 58.4 Å². The summed E-state index contributed by atoms with van der Waals surface area (Å²) < 4.78 is 5.85. The van der Waals surface area contributed by atoms with Gasteiger partial charge in [-0.25, -0.2) is 0 Å². The monoisotopic (exact) mass is 555 g/mol. The molecule has 4 aliphatic heterocycles. The molecule has 0 saturated carbocycles. The molecule has 3 aromatic rings. The second-order valence-corrected chi connectivity index (χ2v) is 11.7. The lowest BCUT2D eigenvalue weighted by Gasteiger charge is -2.43. The van der Waals surface area contributed by atoms with Gasteiger partial charge in [-0.05, 0) is 74.2 Å². The minimum atomic E-state index is -1.50. The lowest BCUT2D eigenvalue weighted by atomic mass is 9.57. The highest BCUT2D eigenvalue weighted by Crippen LogP contribution is 2.68. The summed E-state index contributed by atoms with van der Waals surface area (Å²) >= 11 is 6.63. The Balaban J connectivity index is 1.53. The molecule has 0 unspecified atom stereocenters. The first-order chi connectivity index (χ1) is 19.3. The number of anilines is 2. The van der Waals surface area contributed by atoms with Crippen molar-refractivity contribution in [2.75, 3.05) is 23.8 Å².